The van der Waals surface area contributed by atoms with E-state index in [4.69, 9.17) is 16.7 Å². The van der Waals surface area contributed by atoms with E-state index in [1.807, 2.05) is 0 Å². The Hall–Kier alpha value is -1.52. The van der Waals surface area contributed by atoms with Gasteiger partial charge in [0, 0.05) is 5.56 Å². The number of halogens is 2. The minimum absolute atomic E-state index is 0.00852. The molecule has 0 saturated carbocycles. The molecule has 0 radical (unpaired) electrons. The first kappa shape index (κ1) is 11.0. The Morgan fingerprint density at radius 1 is 1.38 bits per heavy atom. The van der Waals surface area contributed by atoms with Gasteiger partial charge in [0.1, 0.15) is 5.69 Å². The fourth-order valence-electron chi connectivity index (χ4n) is 1.37. The number of aliphatic hydroxyl groups excluding tert-OH is 1. The molecule has 1 heterocycles. The van der Waals surface area contributed by atoms with Gasteiger partial charge in [0.25, 0.3) is 0 Å². The van der Waals surface area contributed by atoms with E-state index in [0.29, 0.717) is 11.1 Å². The highest BCUT2D eigenvalue weighted by Crippen LogP contribution is 2.22. The van der Waals surface area contributed by atoms with E-state index in [9.17, 15) is 4.39 Å². The fraction of sp³-hybridized carbons (Fsp3) is 0.0909. The van der Waals surface area contributed by atoms with Crippen LogP contribution in [0.1, 0.15) is 5.56 Å². The molecular weight excluding hydrogens is 231 g/mol. The Bertz CT molecular complexity index is 519. The zero-order valence-electron chi connectivity index (χ0n) is 8.19. The third-order valence-electron chi connectivity index (χ3n) is 2.10. The van der Waals surface area contributed by atoms with Crippen molar-refractivity contribution in [1.29, 1.82) is 0 Å². The number of aliphatic hydroxyl groups is 1. The molecule has 1 aromatic carbocycles. The molecule has 0 aliphatic carbocycles. The molecule has 0 bridgehead atoms. The van der Waals surface area contributed by atoms with Crippen molar-refractivity contribution in [3.8, 4) is 11.3 Å². The Labute approximate surface area is 96.6 Å². The minimum Gasteiger partial charge on any atom is -0.392 e. The van der Waals surface area contributed by atoms with Crippen molar-refractivity contribution in [3.05, 3.63) is 47.1 Å². The molecule has 82 valence electrons. The summed E-state index contributed by atoms with van der Waals surface area (Å²) in [5.74, 6) is -0.542. The molecular formula is C11H8ClFN2O. The van der Waals surface area contributed by atoms with Crippen molar-refractivity contribution in [2.24, 2.45) is 0 Å². The van der Waals surface area contributed by atoms with Crippen LogP contribution in [0.4, 0.5) is 4.39 Å². The van der Waals surface area contributed by atoms with Crippen LogP contribution in [0.15, 0.2) is 30.5 Å². The van der Waals surface area contributed by atoms with E-state index in [1.165, 1.54) is 0 Å². The van der Waals surface area contributed by atoms with Crippen LogP contribution in [0.25, 0.3) is 11.3 Å². The van der Waals surface area contributed by atoms with Gasteiger partial charge in [-0.1, -0.05) is 18.2 Å². The van der Waals surface area contributed by atoms with Crippen molar-refractivity contribution in [2.75, 3.05) is 0 Å². The van der Waals surface area contributed by atoms with E-state index in [-0.39, 0.29) is 17.6 Å². The van der Waals surface area contributed by atoms with Crippen LogP contribution in [0.3, 0.4) is 0 Å². The van der Waals surface area contributed by atoms with Gasteiger partial charge in [0.15, 0.2) is 5.82 Å². The quantitative estimate of drug-likeness (QED) is 0.818. The molecule has 1 N–H and O–H groups in total. The van der Waals surface area contributed by atoms with Gasteiger partial charge >= 0.3 is 0 Å². The molecule has 0 atom stereocenters. The molecule has 2 rings (SSSR count). The maximum Gasteiger partial charge on any atom is 0.223 e. The number of hydrogen-bond acceptors (Lipinski definition) is 3. The van der Waals surface area contributed by atoms with E-state index in [2.05, 4.69) is 9.97 Å². The molecule has 0 aliphatic heterocycles. The smallest absolute Gasteiger partial charge is 0.223 e. The first-order valence-corrected chi connectivity index (χ1v) is 4.96. The number of hydrogen-bond donors (Lipinski definition) is 1. The zero-order valence-corrected chi connectivity index (χ0v) is 8.95. The van der Waals surface area contributed by atoms with Crippen LogP contribution in [0.5, 0.6) is 0 Å². The second-order valence-corrected chi connectivity index (χ2v) is 3.53. The van der Waals surface area contributed by atoms with Crippen LogP contribution in [-0.4, -0.2) is 15.1 Å². The average Bonchev–Trinajstić information content (AvgIpc) is 2.32. The molecule has 0 fully saturated rings. The molecule has 0 unspecified atom stereocenters. The van der Waals surface area contributed by atoms with Crippen LogP contribution in [-0.2, 0) is 6.61 Å². The molecule has 0 amide bonds. The van der Waals surface area contributed by atoms with Crippen LogP contribution >= 0.6 is 11.6 Å². The molecule has 1 aromatic heterocycles. The maximum atomic E-state index is 13.4. The molecule has 5 heteroatoms. The molecule has 2 aromatic rings. The Balaban J connectivity index is 2.53. The van der Waals surface area contributed by atoms with Crippen molar-refractivity contribution in [3.63, 3.8) is 0 Å². The van der Waals surface area contributed by atoms with E-state index < -0.39 is 5.82 Å². The summed E-state index contributed by atoms with van der Waals surface area (Å²) in [5.41, 5.74) is 1.38. The monoisotopic (exact) mass is 238 g/mol. The van der Waals surface area contributed by atoms with Gasteiger partial charge < -0.3 is 5.11 Å². The van der Waals surface area contributed by atoms with Gasteiger partial charge in [-0.15, -0.1) is 0 Å². The topological polar surface area (TPSA) is 46.0 Å². The second-order valence-electron chi connectivity index (χ2n) is 3.19. The summed E-state index contributed by atoms with van der Waals surface area (Å²) in [4.78, 5) is 7.35. The van der Waals surface area contributed by atoms with Gasteiger partial charge in [0.2, 0.25) is 5.28 Å². The molecule has 0 aliphatic rings. The summed E-state index contributed by atoms with van der Waals surface area (Å²) < 4.78 is 13.4. The second kappa shape index (κ2) is 4.55. The number of aromatic nitrogens is 2. The lowest BCUT2D eigenvalue weighted by molar-refractivity contribution is 0.282. The molecule has 0 spiro atoms. The van der Waals surface area contributed by atoms with Gasteiger partial charge in [-0.25, -0.2) is 14.4 Å². The maximum absolute atomic E-state index is 13.4. The number of benzene rings is 1. The van der Waals surface area contributed by atoms with Gasteiger partial charge in [-0.2, -0.15) is 0 Å². The van der Waals surface area contributed by atoms with E-state index >= 15 is 0 Å². The fourth-order valence-corrected chi connectivity index (χ4v) is 1.50. The lowest BCUT2D eigenvalue weighted by Crippen LogP contribution is -1.93. The van der Waals surface area contributed by atoms with E-state index in [0.717, 1.165) is 6.20 Å². The Morgan fingerprint density at radius 2 is 2.19 bits per heavy atom. The first-order chi connectivity index (χ1) is 7.70. The van der Waals surface area contributed by atoms with Crippen LogP contribution < -0.4 is 0 Å². The summed E-state index contributed by atoms with van der Waals surface area (Å²) in [6, 6.07) is 6.81. The highest BCUT2D eigenvalue weighted by Gasteiger charge is 2.08. The Morgan fingerprint density at radius 3 is 2.94 bits per heavy atom. The third-order valence-corrected chi connectivity index (χ3v) is 2.28. The van der Waals surface area contributed by atoms with Gasteiger partial charge in [-0.05, 0) is 23.2 Å². The highest BCUT2D eigenvalue weighted by atomic mass is 35.5. The van der Waals surface area contributed by atoms with Gasteiger partial charge in [0.05, 0.1) is 12.8 Å². The summed E-state index contributed by atoms with van der Waals surface area (Å²) in [5, 5.41) is 8.97. The van der Waals surface area contributed by atoms with Crippen molar-refractivity contribution >= 4 is 11.6 Å². The molecule has 0 saturated heterocycles. The standard InChI is InChI=1S/C11H8ClFN2O/c12-11-14-5-9(13)10(15-11)8-3-1-2-7(4-8)6-16/h1-5,16H,6H2. The SMILES string of the molecule is OCc1cccc(-c2nc(Cl)ncc2F)c1. The summed E-state index contributed by atoms with van der Waals surface area (Å²) in [7, 11) is 0. The summed E-state index contributed by atoms with van der Waals surface area (Å²) in [6.07, 6.45) is 1.02. The zero-order chi connectivity index (χ0) is 11.5. The highest BCUT2D eigenvalue weighted by molar-refractivity contribution is 6.28. The molecule has 3 nitrogen and oxygen atoms in total. The number of nitrogens with zero attached hydrogens (tertiary/aromatic N) is 2. The average molecular weight is 239 g/mol. The largest absolute Gasteiger partial charge is 0.392 e. The van der Waals surface area contributed by atoms with Crippen molar-refractivity contribution in [2.45, 2.75) is 6.61 Å². The number of rotatable bonds is 2. The summed E-state index contributed by atoms with van der Waals surface area (Å²) >= 11 is 5.60. The van der Waals surface area contributed by atoms with Crippen LogP contribution in [0, 0.1) is 5.82 Å². The van der Waals surface area contributed by atoms with Crippen molar-refractivity contribution in [1.82, 2.24) is 9.97 Å². The minimum atomic E-state index is -0.542. The van der Waals surface area contributed by atoms with Crippen LogP contribution in [0.2, 0.25) is 5.28 Å². The third kappa shape index (κ3) is 2.18. The predicted molar refractivity (Wildman–Crippen MR) is 58.4 cm³/mol. The van der Waals surface area contributed by atoms with Gasteiger partial charge in [-0.3, -0.25) is 0 Å². The lowest BCUT2D eigenvalue weighted by Gasteiger charge is -2.04. The summed E-state index contributed by atoms with van der Waals surface area (Å²) in [6.45, 7) is -0.103. The molecule has 16 heavy (non-hydrogen) atoms. The predicted octanol–water partition coefficient (Wildman–Crippen LogP) is 2.43. The van der Waals surface area contributed by atoms with Crippen molar-refractivity contribution < 1.29 is 9.50 Å². The van der Waals surface area contributed by atoms with E-state index in [1.54, 1.807) is 24.3 Å². The lowest BCUT2D eigenvalue weighted by atomic mass is 10.1. The normalized spacial score (nSPS) is 10.4. The Kier molecular flexibility index (Phi) is 3.12. The first-order valence-electron chi connectivity index (χ1n) is 4.59.